The van der Waals surface area contributed by atoms with Crippen LogP contribution >= 0.6 is 0 Å². The molecule has 1 saturated heterocycles. The molecule has 2 amide bonds. The van der Waals surface area contributed by atoms with Gasteiger partial charge < -0.3 is 10.6 Å². The molecule has 102 valence electrons. The number of carbonyl (C=O) groups excluding carboxylic acids is 2. The maximum Gasteiger partial charge on any atom is 0.222 e. The van der Waals surface area contributed by atoms with Gasteiger partial charge in [-0.25, -0.2) is 0 Å². The minimum absolute atomic E-state index is 0.0454. The fourth-order valence-electron chi connectivity index (χ4n) is 3.46. The first-order chi connectivity index (χ1) is 8.52. The SMILES string of the molecule is CC(C)NC(=O)CC1NC(=O)CC12CCCCC2. The third-order valence-corrected chi connectivity index (χ3v) is 4.28. The van der Waals surface area contributed by atoms with Crippen LogP contribution < -0.4 is 10.6 Å². The molecule has 1 atom stereocenters. The highest BCUT2D eigenvalue weighted by Gasteiger charge is 2.47. The second-order valence-electron chi connectivity index (χ2n) is 6.15. The zero-order valence-electron chi connectivity index (χ0n) is 11.4. The molecule has 1 aliphatic heterocycles. The lowest BCUT2D eigenvalue weighted by Gasteiger charge is -2.37. The van der Waals surface area contributed by atoms with E-state index in [9.17, 15) is 9.59 Å². The Kier molecular flexibility index (Phi) is 3.93. The van der Waals surface area contributed by atoms with Crippen molar-refractivity contribution in [3.63, 3.8) is 0 Å². The number of hydrogen-bond acceptors (Lipinski definition) is 2. The zero-order valence-corrected chi connectivity index (χ0v) is 11.4. The summed E-state index contributed by atoms with van der Waals surface area (Å²) in [5.74, 6) is 0.182. The highest BCUT2D eigenvalue weighted by Crippen LogP contribution is 2.46. The summed E-state index contributed by atoms with van der Waals surface area (Å²) in [6.07, 6.45) is 6.88. The number of carbonyl (C=O) groups is 2. The summed E-state index contributed by atoms with van der Waals surface area (Å²) in [7, 11) is 0. The van der Waals surface area contributed by atoms with Crippen molar-refractivity contribution in [2.75, 3.05) is 0 Å². The van der Waals surface area contributed by atoms with Gasteiger partial charge in [0.15, 0.2) is 0 Å². The van der Waals surface area contributed by atoms with Gasteiger partial charge in [-0.2, -0.15) is 0 Å². The topological polar surface area (TPSA) is 58.2 Å². The van der Waals surface area contributed by atoms with Gasteiger partial charge in [0.2, 0.25) is 11.8 Å². The lowest BCUT2D eigenvalue weighted by atomic mass is 9.68. The van der Waals surface area contributed by atoms with Crippen LogP contribution in [0, 0.1) is 5.41 Å². The molecule has 2 rings (SSSR count). The molecule has 0 aromatic heterocycles. The van der Waals surface area contributed by atoms with Crippen LogP contribution in [0.5, 0.6) is 0 Å². The first-order valence-electron chi connectivity index (χ1n) is 7.10. The van der Waals surface area contributed by atoms with Crippen molar-refractivity contribution in [1.29, 1.82) is 0 Å². The van der Waals surface area contributed by atoms with Crippen LogP contribution in [0.2, 0.25) is 0 Å². The number of nitrogens with one attached hydrogen (secondary N) is 2. The average Bonchev–Trinajstić information content (AvgIpc) is 2.54. The fourth-order valence-corrected chi connectivity index (χ4v) is 3.46. The smallest absolute Gasteiger partial charge is 0.222 e. The molecule has 1 heterocycles. The van der Waals surface area contributed by atoms with E-state index in [0.717, 1.165) is 12.8 Å². The van der Waals surface area contributed by atoms with Gasteiger partial charge in [-0.15, -0.1) is 0 Å². The van der Waals surface area contributed by atoms with Gasteiger partial charge in [-0.05, 0) is 32.1 Å². The second kappa shape index (κ2) is 5.29. The van der Waals surface area contributed by atoms with Crippen LogP contribution in [0.1, 0.15) is 58.8 Å². The summed E-state index contributed by atoms with van der Waals surface area (Å²) >= 11 is 0. The first kappa shape index (κ1) is 13.4. The highest BCUT2D eigenvalue weighted by atomic mass is 16.2. The molecule has 1 unspecified atom stereocenters. The van der Waals surface area contributed by atoms with Crippen molar-refractivity contribution in [3.8, 4) is 0 Å². The Morgan fingerprint density at radius 3 is 2.67 bits per heavy atom. The van der Waals surface area contributed by atoms with E-state index < -0.39 is 0 Å². The fraction of sp³-hybridized carbons (Fsp3) is 0.857. The maximum atomic E-state index is 11.9. The van der Waals surface area contributed by atoms with Gasteiger partial charge in [-0.1, -0.05) is 19.3 Å². The predicted octanol–water partition coefficient (Wildman–Crippen LogP) is 1.74. The summed E-state index contributed by atoms with van der Waals surface area (Å²) in [6.45, 7) is 3.92. The number of amides is 2. The molecule has 2 fully saturated rings. The normalized spacial score (nSPS) is 26.4. The Hall–Kier alpha value is -1.06. The van der Waals surface area contributed by atoms with Gasteiger partial charge in [-0.3, -0.25) is 9.59 Å². The number of hydrogen-bond donors (Lipinski definition) is 2. The van der Waals surface area contributed by atoms with E-state index >= 15 is 0 Å². The van der Waals surface area contributed by atoms with Gasteiger partial charge in [0.05, 0.1) is 0 Å². The van der Waals surface area contributed by atoms with Gasteiger partial charge >= 0.3 is 0 Å². The number of rotatable bonds is 3. The maximum absolute atomic E-state index is 11.9. The van der Waals surface area contributed by atoms with E-state index in [4.69, 9.17) is 0 Å². The first-order valence-corrected chi connectivity index (χ1v) is 7.10. The molecule has 18 heavy (non-hydrogen) atoms. The molecule has 0 aromatic carbocycles. The highest BCUT2D eigenvalue weighted by molar-refractivity contribution is 5.83. The Morgan fingerprint density at radius 1 is 1.39 bits per heavy atom. The van der Waals surface area contributed by atoms with Crippen LogP contribution in [0.4, 0.5) is 0 Å². The molecule has 0 aromatic rings. The summed E-state index contributed by atoms with van der Waals surface area (Å²) in [5, 5.41) is 5.94. The van der Waals surface area contributed by atoms with Crippen molar-refractivity contribution in [3.05, 3.63) is 0 Å². The quantitative estimate of drug-likeness (QED) is 0.804. The van der Waals surface area contributed by atoms with Gasteiger partial charge in [0, 0.05) is 24.9 Å². The largest absolute Gasteiger partial charge is 0.354 e. The van der Waals surface area contributed by atoms with Crippen LogP contribution in [-0.2, 0) is 9.59 Å². The third kappa shape index (κ3) is 2.85. The third-order valence-electron chi connectivity index (χ3n) is 4.28. The molecule has 1 saturated carbocycles. The Labute approximate surface area is 109 Å². The van der Waals surface area contributed by atoms with E-state index in [-0.39, 0.29) is 29.3 Å². The molecule has 4 nitrogen and oxygen atoms in total. The summed E-state index contributed by atoms with van der Waals surface area (Å²) in [5.41, 5.74) is 0.0592. The van der Waals surface area contributed by atoms with Crippen molar-refractivity contribution in [2.24, 2.45) is 5.41 Å². The van der Waals surface area contributed by atoms with Crippen molar-refractivity contribution in [1.82, 2.24) is 10.6 Å². The van der Waals surface area contributed by atoms with Crippen LogP contribution in [0.25, 0.3) is 0 Å². The van der Waals surface area contributed by atoms with Crippen LogP contribution in [0.15, 0.2) is 0 Å². The minimum Gasteiger partial charge on any atom is -0.354 e. The van der Waals surface area contributed by atoms with E-state index in [1.807, 2.05) is 13.8 Å². The lowest BCUT2D eigenvalue weighted by Crippen LogP contribution is -2.43. The van der Waals surface area contributed by atoms with E-state index in [1.54, 1.807) is 0 Å². The van der Waals surface area contributed by atoms with Gasteiger partial charge in [0.25, 0.3) is 0 Å². The molecule has 0 radical (unpaired) electrons. The Bertz CT molecular complexity index is 333. The Balaban J connectivity index is 2.01. The molecular formula is C14H24N2O2. The molecule has 1 spiro atoms. The minimum atomic E-state index is 0.0454. The zero-order chi connectivity index (χ0) is 13.2. The van der Waals surface area contributed by atoms with Crippen molar-refractivity contribution in [2.45, 2.75) is 70.9 Å². The Morgan fingerprint density at radius 2 is 2.06 bits per heavy atom. The van der Waals surface area contributed by atoms with Crippen LogP contribution in [-0.4, -0.2) is 23.9 Å². The van der Waals surface area contributed by atoms with Crippen molar-refractivity contribution < 1.29 is 9.59 Å². The molecule has 1 aliphatic carbocycles. The van der Waals surface area contributed by atoms with Gasteiger partial charge in [0.1, 0.15) is 0 Å². The second-order valence-corrected chi connectivity index (χ2v) is 6.15. The summed E-state index contributed by atoms with van der Waals surface area (Å²) in [6, 6.07) is 0.209. The summed E-state index contributed by atoms with van der Waals surface area (Å²) in [4.78, 5) is 23.6. The van der Waals surface area contributed by atoms with E-state index in [1.165, 1.54) is 19.3 Å². The molecule has 4 heteroatoms. The standard InChI is InChI=1S/C14H24N2O2/c1-10(2)15-12(17)8-11-14(9-13(18)16-11)6-4-3-5-7-14/h10-11H,3-9H2,1-2H3,(H,15,17)(H,16,18). The van der Waals surface area contributed by atoms with E-state index in [2.05, 4.69) is 10.6 Å². The monoisotopic (exact) mass is 252 g/mol. The van der Waals surface area contributed by atoms with E-state index in [0.29, 0.717) is 12.8 Å². The lowest BCUT2D eigenvalue weighted by molar-refractivity contribution is -0.122. The molecule has 2 aliphatic rings. The molecule has 0 bridgehead atoms. The average molecular weight is 252 g/mol. The molecular weight excluding hydrogens is 228 g/mol. The summed E-state index contributed by atoms with van der Waals surface area (Å²) < 4.78 is 0. The molecule has 2 N–H and O–H groups in total. The van der Waals surface area contributed by atoms with Crippen LogP contribution in [0.3, 0.4) is 0 Å². The van der Waals surface area contributed by atoms with Crippen molar-refractivity contribution >= 4 is 11.8 Å². The predicted molar refractivity (Wildman–Crippen MR) is 70.0 cm³/mol.